The van der Waals surface area contributed by atoms with Crippen molar-refractivity contribution in [3.05, 3.63) is 0 Å². The van der Waals surface area contributed by atoms with Crippen LogP contribution in [0.15, 0.2) is 0 Å². The molecule has 0 atom stereocenters. The fraction of sp³-hybridized carbons (Fsp3) is 0. The average molecular weight is 478 g/mol. The van der Waals surface area contributed by atoms with Crippen LogP contribution in [0, 0.1) is 0 Å². The normalized spacial score (nSPS) is 0. The second-order valence-electron chi connectivity index (χ2n) is 0. The van der Waals surface area contributed by atoms with E-state index in [0.717, 1.165) is 0 Å². The maximum absolute atomic E-state index is 0. The molecule has 0 aromatic heterocycles. The van der Waals surface area contributed by atoms with Gasteiger partial charge in [0.15, 0.2) is 0 Å². The molecule has 6 heteroatoms. The molecule has 4 nitrogen and oxygen atoms in total. The molecule has 0 aliphatic heterocycles. The zero-order chi connectivity index (χ0) is 0. The van der Waals surface area contributed by atoms with E-state index in [1.165, 1.54) is 0 Å². The van der Waals surface area contributed by atoms with E-state index < -0.39 is 0 Å². The molecule has 0 rings (SSSR count). The molecule has 0 unspecified atom stereocenters. The summed E-state index contributed by atoms with van der Waals surface area (Å²) in [6.45, 7) is 0. The zero-order valence-electron chi connectivity index (χ0n) is 2.63. The number of hydrogen-bond donors (Lipinski definition) is 0. The maximum Gasteiger partial charge on any atom is 0 e. The molecule has 0 aromatic carbocycles. The van der Waals surface area contributed by atoms with Gasteiger partial charge in [0.1, 0.15) is 0 Å². The van der Waals surface area contributed by atoms with Crippen molar-refractivity contribution >= 4 is 54.6 Å². The Kier molecular flexibility index (Phi) is 1540. The fourth-order valence-electron chi connectivity index (χ4n) is 0. The molecule has 0 saturated carbocycles. The van der Waals surface area contributed by atoms with Gasteiger partial charge in [-0.1, -0.05) is 0 Å². The SMILES string of the molecule is [O-2].[O-2].[O-2].[O-2].[Pb].[Pb]. The third-order valence-corrected chi connectivity index (χ3v) is 0. The minimum absolute atomic E-state index is 0. The Balaban J connectivity index is 0. The van der Waals surface area contributed by atoms with Crippen molar-refractivity contribution in [1.82, 2.24) is 0 Å². The van der Waals surface area contributed by atoms with Gasteiger partial charge in [-0.05, 0) is 0 Å². The van der Waals surface area contributed by atoms with Gasteiger partial charge >= 0.3 is 0 Å². The van der Waals surface area contributed by atoms with Gasteiger partial charge in [-0.15, -0.1) is 0 Å². The van der Waals surface area contributed by atoms with Crippen LogP contribution in [0.5, 0.6) is 0 Å². The van der Waals surface area contributed by atoms with Crippen LogP contribution in [0.1, 0.15) is 0 Å². The van der Waals surface area contributed by atoms with Crippen LogP contribution < -0.4 is 0 Å². The summed E-state index contributed by atoms with van der Waals surface area (Å²) in [6, 6.07) is 0. The summed E-state index contributed by atoms with van der Waals surface area (Å²) in [6.07, 6.45) is 0. The quantitative estimate of drug-likeness (QED) is 0.388. The Morgan fingerprint density at radius 1 is 0.333 bits per heavy atom. The summed E-state index contributed by atoms with van der Waals surface area (Å²) in [5.41, 5.74) is 0. The van der Waals surface area contributed by atoms with E-state index in [1.807, 2.05) is 0 Å². The smallest absolute Gasteiger partial charge is 0 e. The molecule has 8 radical (unpaired) electrons. The predicted octanol–water partition coefficient (Wildman–Crippen LogP) is -1.24. The van der Waals surface area contributed by atoms with Crippen molar-refractivity contribution < 1.29 is 21.9 Å². The van der Waals surface area contributed by atoms with Gasteiger partial charge in [-0.2, -0.15) is 0 Å². The Morgan fingerprint density at radius 3 is 0.333 bits per heavy atom. The van der Waals surface area contributed by atoms with Crippen LogP contribution >= 0.6 is 0 Å². The fourth-order valence-corrected chi connectivity index (χ4v) is 0. The van der Waals surface area contributed by atoms with Gasteiger partial charge in [0.2, 0.25) is 0 Å². The summed E-state index contributed by atoms with van der Waals surface area (Å²) in [7, 11) is 0. The monoisotopic (exact) mass is 480 g/mol. The molecular formula is O4Pb2-8. The molecule has 0 N–H and O–H groups in total. The molecule has 0 bridgehead atoms. The van der Waals surface area contributed by atoms with Gasteiger partial charge in [0, 0.05) is 54.6 Å². The third-order valence-electron chi connectivity index (χ3n) is 0. The van der Waals surface area contributed by atoms with Gasteiger partial charge < -0.3 is 21.9 Å². The standard InChI is InChI=1S/4O.2Pb/q4*-2;;. The number of hydrogen-bond acceptors (Lipinski definition) is 0. The van der Waals surface area contributed by atoms with E-state index in [1.54, 1.807) is 0 Å². The van der Waals surface area contributed by atoms with Crippen molar-refractivity contribution in [2.45, 2.75) is 0 Å². The molecule has 0 spiro atoms. The Hall–Kier alpha value is 1.68. The summed E-state index contributed by atoms with van der Waals surface area (Å²) in [4.78, 5) is 0. The summed E-state index contributed by atoms with van der Waals surface area (Å²) < 4.78 is 0. The molecule has 0 aliphatic rings. The molecule has 0 aliphatic carbocycles. The van der Waals surface area contributed by atoms with Crippen LogP contribution in [-0.4, -0.2) is 54.6 Å². The Labute approximate surface area is 75.9 Å². The van der Waals surface area contributed by atoms with Crippen LogP contribution in [0.2, 0.25) is 0 Å². The number of rotatable bonds is 0. The first-order valence-electron chi connectivity index (χ1n) is 0. The maximum atomic E-state index is 0. The molecule has 0 heterocycles. The first kappa shape index (κ1) is 121. The second-order valence-corrected chi connectivity index (χ2v) is 0. The third kappa shape index (κ3) is 44.0. The molecule has 40 valence electrons. The average Bonchev–Trinajstić information content (AvgIpc) is 0. The largest absolute Gasteiger partial charge is 2.00 e. The van der Waals surface area contributed by atoms with Crippen molar-refractivity contribution in [1.29, 1.82) is 0 Å². The van der Waals surface area contributed by atoms with Crippen molar-refractivity contribution in [2.24, 2.45) is 0 Å². The van der Waals surface area contributed by atoms with Crippen molar-refractivity contribution in [3.63, 3.8) is 0 Å². The van der Waals surface area contributed by atoms with E-state index in [0.29, 0.717) is 0 Å². The molecule has 6 heavy (non-hydrogen) atoms. The van der Waals surface area contributed by atoms with Crippen LogP contribution in [0.3, 0.4) is 0 Å². The second kappa shape index (κ2) is 76.1. The van der Waals surface area contributed by atoms with Gasteiger partial charge in [-0.25, -0.2) is 0 Å². The van der Waals surface area contributed by atoms with E-state index in [9.17, 15) is 0 Å². The molecule has 0 fully saturated rings. The summed E-state index contributed by atoms with van der Waals surface area (Å²) >= 11 is 0. The molecular weight excluding hydrogens is 478 g/mol. The first-order chi connectivity index (χ1) is 0. The first-order valence-corrected chi connectivity index (χ1v) is 0. The Bertz CT molecular complexity index is 5.51. The predicted molar refractivity (Wildman–Crippen MR) is 14.3 cm³/mol. The minimum atomic E-state index is 0. The van der Waals surface area contributed by atoms with Crippen LogP contribution in [-0.2, 0) is 21.9 Å². The minimum Gasteiger partial charge on any atom is -2.00 e. The van der Waals surface area contributed by atoms with E-state index in [2.05, 4.69) is 0 Å². The summed E-state index contributed by atoms with van der Waals surface area (Å²) in [5, 5.41) is 0. The van der Waals surface area contributed by atoms with Crippen LogP contribution in [0.25, 0.3) is 0 Å². The van der Waals surface area contributed by atoms with E-state index in [4.69, 9.17) is 0 Å². The van der Waals surface area contributed by atoms with Crippen molar-refractivity contribution in [2.75, 3.05) is 0 Å². The van der Waals surface area contributed by atoms with Gasteiger partial charge in [0.25, 0.3) is 0 Å². The van der Waals surface area contributed by atoms with Gasteiger partial charge in [-0.3, -0.25) is 0 Å². The topological polar surface area (TPSA) is 114 Å². The van der Waals surface area contributed by atoms with Crippen LogP contribution in [0.4, 0.5) is 0 Å². The van der Waals surface area contributed by atoms with E-state index >= 15 is 0 Å². The van der Waals surface area contributed by atoms with Gasteiger partial charge in [0.05, 0.1) is 0 Å². The molecule has 0 saturated heterocycles. The summed E-state index contributed by atoms with van der Waals surface area (Å²) in [5.74, 6) is 0. The van der Waals surface area contributed by atoms with Crippen molar-refractivity contribution in [3.8, 4) is 0 Å². The molecule has 0 aromatic rings. The molecule has 0 amide bonds. The Morgan fingerprint density at radius 2 is 0.333 bits per heavy atom. The zero-order valence-corrected chi connectivity index (χ0v) is 10.4. The van der Waals surface area contributed by atoms with E-state index in [-0.39, 0.29) is 76.5 Å².